The maximum atomic E-state index is 11.0. The predicted molar refractivity (Wildman–Crippen MR) is 68.4 cm³/mol. The highest BCUT2D eigenvalue weighted by atomic mass is 35.5. The maximum Gasteiger partial charge on any atom is 0.305 e. The van der Waals surface area contributed by atoms with E-state index in [1.807, 2.05) is 0 Å². The van der Waals surface area contributed by atoms with E-state index < -0.39 is 11.8 Å². The summed E-state index contributed by atoms with van der Waals surface area (Å²) >= 11 is 5.81. The van der Waals surface area contributed by atoms with E-state index in [0.717, 1.165) is 5.56 Å². The van der Waals surface area contributed by atoms with Crippen molar-refractivity contribution in [3.63, 3.8) is 0 Å². The molecule has 99 valence electrons. The molecule has 0 fully saturated rings. The number of halogens is 1. The van der Waals surface area contributed by atoms with Crippen molar-refractivity contribution in [2.75, 3.05) is 6.61 Å². The van der Waals surface area contributed by atoms with Crippen LogP contribution in [0.5, 0.6) is 5.75 Å². The van der Waals surface area contributed by atoms with Gasteiger partial charge in [-0.1, -0.05) is 18.5 Å². The fourth-order valence-electron chi connectivity index (χ4n) is 1.26. The van der Waals surface area contributed by atoms with E-state index in [4.69, 9.17) is 21.1 Å². The lowest BCUT2D eigenvalue weighted by Gasteiger charge is -2.25. The minimum atomic E-state index is -1.82. The second-order valence-electron chi connectivity index (χ2n) is 3.97. The Morgan fingerprint density at radius 1 is 1.56 bits per heavy atom. The van der Waals surface area contributed by atoms with E-state index in [2.05, 4.69) is 6.92 Å². The average molecular weight is 272 g/mol. The number of benzene rings is 1. The number of carbonyl (C=O) groups is 1. The summed E-state index contributed by atoms with van der Waals surface area (Å²) in [7, 11) is 0. The van der Waals surface area contributed by atoms with Crippen LogP contribution in [0.15, 0.2) is 18.2 Å². The molecule has 1 N–H and O–H groups in total. The van der Waals surface area contributed by atoms with E-state index in [9.17, 15) is 9.90 Å². The average Bonchev–Trinajstić information content (AvgIpc) is 2.30. The van der Waals surface area contributed by atoms with Crippen molar-refractivity contribution in [2.45, 2.75) is 26.1 Å². The van der Waals surface area contributed by atoms with Crippen LogP contribution in [0, 0.1) is 13.8 Å². The summed E-state index contributed by atoms with van der Waals surface area (Å²) in [6, 6.07) is 4.96. The second-order valence-corrected chi connectivity index (χ2v) is 4.41. The Labute approximate surface area is 111 Å². The van der Waals surface area contributed by atoms with Gasteiger partial charge in [0.15, 0.2) is 6.61 Å². The van der Waals surface area contributed by atoms with E-state index in [-0.39, 0.29) is 13.0 Å². The molecule has 0 amide bonds. The van der Waals surface area contributed by atoms with Crippen LogP contribution in [0.3, 0.4) is 0 Å². The largest absolute Gasteiger partial charge is 0.459 e. The summed E-state index contributed by atoms with van der Waals surface area (Å²) in [5, 5.41) is 10.4. The number of hydrogen-bond donors (Lipinski definition) is 1. The number of carbonyl (C=O) groups excluding carboxylic acids is 1. The van der Waals surface area contributed by atoms with Crippen molar-refractivity contribution in [1.82, 2.24) is 0 Å². The molecule has 1 radical (unpaired) electrons. The van der Waals surface area contributed by atoms with Gasteiger partial charge in [-0.2, -0.15) is 0 Å². The highest BCUT2D eigenvalue weighted by Gasteiger charge is 2.25. The summed E-state index contributed by atoms with van der Waals surface area (Å²) in [5.74, 6) is -1.80. The molecule has 0 aliphatic heterocycles. The van der Waals surface area contributed by atoms with Crippen LogP contribution in [0.1, 0.15) is 18.9 Å². The van der Waals surface area contributed by atoms with Gasteiger partial charge in [0.2, 0.25) is 5.79 Å². The first-order valence-electron chi connectivity index (χ1n) is 5.52. The third-order valence-corrected chi connectivity index (χ3v) is 2.42. The van der Waals surface area contributed by atoms with Gasteiger partial charge in [0, 0.05) is 18.4 Å². The van der Waals surface area contributed by atoms with E-state index in [1.165, 1.54) is 0 Å². The Bertz CT molecular complexity index is 429. The van der Waals surface area contributed by atoms with Crippen molar-refractivity contribution in [2.24, 2.45) is 0 Å². The second kappa shape index (κ2) is 6.07. The number of aliphatic hydroxyl groups is 1. The molecule has 1 atom stereocenters. The molecule has 0 heterocycles. The van der Waals surface area contributed by atoms with Gasteiger partial charge in [-0.05, 0) is 30.7 Å². The lowest BCUT2D eigenvalue weighted by atomic mass is 10.2. The van der Waals surface area contributed by atoms with Gasteiger partial charge in [-0.25, -0.2) is 0 Å². The molecule has 0 aromatic heterocycles. The molecule has 0 aliphatic carbocycles. The van der Waals surface area contributed by atoms with Crippen LogP contribution in [-0.2, 0) is 9.53 Å². The fourth-order valence-corrected chi connectivity index (χ4v) is 1.48. The predicted octanol–water partition coefficient (Wildman–Crippen LogP) is 2.50. The minimum Gasteiger partial charge on any atom is -0.459 e. The zero-order valence-electron chi connectivity index (χ0n) is 10.4. The van der Waals surface area contributed by atoms with Gasteiger partial charge in [-0.3, -0.25) is 4.79 Å². The van der Waals surface area contributed by atoms with Crippen molar-refractivity contribution in [1.29, 1.82) is 0 Å². The molecule has 0 spiro atoms. The van der Waals surface area contributed by atoms with Gasteiger partial charge in [0.25, 0.3) is 0 Å². The number of esters is 1. The molecule has 0 saturated heterocycles. The molecule has 1 aromatic carbocycles. The third kappa shape index (κ3) is 4.55. The molecule has 5 heteroatoms. The zero-order valence-corrected chi connectivity index (χ0v) is 11.2. The first kappa shape index (κ1) is 14.8. The van der Waals surface area contributed by atoms with Gasteiger partial charge in [0.1, 0.15) is 5.75 Å². The Hall–Kier alpha value is -1.26. The Morgan fingerprint density at radius 2 is 2.22 bits per heavy atom. The molecule has 0 unspecified atom stereocenters. The molecular weight excluding hydrogens is 256 g/mol. The monoisotopic (exact) mass is 271 g/mol. The first-order valence-corrected chi connectivity index (χ1v) is 5.90. The fraction of sp³-hybridized carbons (Fsp3) is 0.385. The lowest BCUT2D eigenvalue weighted by Crippen LogP contribution is -2.38. The smallest absolute Gasteiger partial charge is 0.305 e. The summed E-state index contributed by atoms with van der Waals surface area (Å²) < 4.78 is 10.1. The van der Waals surface area contributed by atoms with Crippen LogP contribution in [0.2, 0.25) is 5.02 Å². The highest BCUT2D eigenvalue weighted by Crippen LogP contribution is 2.24. The van der Waals surface area contributed by atoms with Crippen LogP contribution < -0.4 is 4.74 Å². The van der Waals surface area contributed by atoms with Gasteiger partial charge >= 0.3 is 5.97 Å². The van der Waals surface area contributed by atoms with Crippen LogP contribution in [0.4, 0.5) is 0 Å². The van der Waals surface area contributed by atoms with Crippen molar-refractivity contribution in [3.05, 3.63) is 35.7 Å². The molecule has 0 aliphatic rings. The molecule has 0 saturated carbocycles. The number of aryl methyl sites for hydroxylation is 1. The number of rotatable bonds is 5. The quantitative estimate of drug-likeness (QED) is 0.660. The zero-order chi connectivity index (χ0) is 13.8. The summed E-state index contributed by atoms with van der Waals surface area (Å²) in [4.78, 5) is 11.0. The van der Waals surface area contributed by atoms with Crippen LogP contribution >= 0.6 is 11.6 Å². The minimum absolute atomic E-state index is 0.232. The first-order chi connectivity index (χ1) is 8.34. The number of ether oxygens (including phenoxy) is 2. The summed E-state index contributed by atoms with van der Waals surface area (Å²) in [5.41, 5.74) is 0.756. The maximum absolute atomic E-state index is 11.0. The van der Waals surface area contributed by atoms with Crippen LogP contribution in [0.25, 0.3) is 0 Å². The number of hydrogen-bond acceptors (Lipinski definition) is 4. The van der Waals surface area contributed by atoms with Crippen LogP contribution in [-0.4, -0.2) is 23.5 Å². The van der Waals surface area contributed by atoms with Gasteiger partial charge in [0.05, 0.1) is 0 Å². The van der Waals surface area contributed by atoms with Gasteiger partial charge in [-0.15, -0.1) is 0 Å². The molecule has 4 nitrogen and oxygen atoms in total. The Balaban J connectivity index is 2.66. The highest BCUT2D eigenvalue weighted by molar-refractivity contribution is 6.30. The van der Waals surface area contributed by atoms with E-state index >= 15 is 0 Å². The molecule has 0 bridgehead atoms. The summed E-state index contributed by atoms with van der Waals surface area (Å²) in [6.45, 7) is 6.58. The molecule has 1 rings (SSSR count). The van der Waals surface area contributed by atoms with E-state index in [0.29, 0.717) is 10.8 Å². The van der Waals surface area contributed by atoms with Crippen molar-refractivity contribution >= 4 is 17.6 Å². The SMILES string of the molecule is [CH2][C@](O)(COC(=O)CC)Oc1ccc(Cl)cc1C. The van der Waals surface area contributed by atoms with Gasteiger partial charge < -0.3 is 14.6 Å². The van der Waals surface area contributed by atoms with Crippen molar-refractivity contribution in [3.8, 4) is 5.75 Å². The molecular formula is C13H16ClO4. The van der Waals surface area contributed by atoms with E-state index in [1.54, 1.807) is 32.0 Å². The Kier molecular flexibility index (Phi) is 4.99. The molecule has 18 heavy (non-hydrogen) atoms. The lowest BCUT2D eigenvalue weighted by molar-refractivity contribution is -0.170. The summed E-state index contributed by atoms with van der Waals surface area (Å²) in [6.07, 6.45) is 0.232. The standard InChI is InChI=1S/C13H16ClO4/c1-4-12(15)17-8-13(3,16)18-11-6-5-10(14)7-9(11)2/h5-7,16H,3-4,8H2,1-2H3/t13-/m1/s1. The normalized spacial score (nSPS) is 13.8. The Morgan fingerprint density at radius 3 is 2.78 bits per heavy atom. The topological polar surface area (TPSA) is 55.8 Å². The third-order valence-electron chi connectivity index (χ3n) is 2.18. The molecule has 1 aromatic rings. The van der Waals surface area contributed by atoms with Crippen molar-refractivity contribution < 1.29 is 19.4 Å².